The topological polar surface area (TPSA) is 81.7 Å². The minimum absolute atomic E-state index is 0.188. The van der Waals surface area contributed by atoms with Crippen LogP contribution in [0.4, 0.5) is 18.9 Å². The molecule has 0 saturated heterocycles. The summed E-state index contributed by atoms with van der Waals surface area (Å²) in [6.45, 7) is 10.8. The number of methoxy groups -OCH3 is 1. The van der Waals surface area contributed by atoms with E-state index in [1.807, 2.05) is 27.7 Å². The van der Waals surface area contributed by atoms with E-state index in [4.69, 9.17) is 4.74 Å². The fraction of sp³-hybridized carbons (Fsp3) is 0.414. The molecule has 0 aromatic heterocycles. The van der Waals surface area contributed by atoms with Gasteiger partial charge in [0.15, 0.2) is 0 Å². The van der Waals surface area contributed by atoms with Crippen molar-refractivity contribution in [3.05, 3.63) is 65.2 Å². The molecule has 0 bridgehead atoms. The van der Waals surface area contributed by atoms with Gasteiger partial charge in [-0.15, -0.1) is 0 Å². The number of carbonyl (C=O) groups excluding carboxylic acids is 3. The van der Waals surface area contributed by atoms with Crippen LogP contribution >= 0.6 is 0 Å². The Morgan fingerprint density at radius 2 is 1.63 bits per heavy atom. The number of aryl methyl sites for hydroxylation is 1. The van der Waals surface area contributed by atoms with Crippen molar-refractivity contribution in [2.24, 2.45) is 11.3 Å². The predicted molar refractivity (Wildman–Crippen MR) is 141 cm³/mol. The molecule has 1 N–H and O–H groups in total. The molecule has 2 aromatic rings. The highest BCUT2D eigenvalue weighted by Gasteiger charge is 2.31. The van der Waals surface area contributed by atoms with Crippen LogP contribution in [0.25, 0.3) is 6.08 Å². The van der Waals surface area contributed by atoms with Crippen LogP contribution in [0, 0.1) is 18.3 Å². The molecule has 0 aliphatic rings. The van der Waals surface area contributed by atoms with E-state index in [2.05, 4.69) is 10.1 Å². The molecule has 2 aromatic carbocycles. The molecule has 0 spiro atoms. The fourth-order valence-corrected chi connectivity index (χ4v) is 2.74. The molecule has 1 amide bonds. The average Bonchev–Trinajstić information content (AvgIpc) is 2.86. The number of esters is 2. The number of halogens is 3. The van der Waals surface area contributed by atoms with Crippen LogP contribution in [0.1, 0.15) is 64.2 Å². The molecule has 208 valence electrons. The van der Waals surface area contributed by atoms with Crippen molar-refractivity contribution in [2.45, 2.75) is 60.6 Å². The molecule has 1 unspecified atom stereocenters. The van der Waals surface area contributed by atoms with Gasteiger partial charge in [0, 0.05) is 17.7 Å². The van der Waals surface area contributed by atoms with Gasteiger partial charge in [0.2, 0.25) is 5.91 Å². The highest BCUT2D eigenvalue weighted by molar-refractivity contribution is 5.92. The van der Waals surface area contributed by atoms with E-state index < -0.39 is 23.1 Å². The number of nitrogens with one attached hydrogen (secondary N) is 1. The molecule has 9 heteroatoms. The fourth-order valence-electron chi connectivity index (χ4n) is 2.74. The molecule has 0 fully saturated rings. The van der Waals surface area contributed by atoms with Gasteiger partial charge in [0.1, 0.15) is 5.75 Å². The maximum Gasteiger partial charge on any atom is 0.416 e. The van der Waals surface area contributed by atoms with Crippen LogP contribution in [-0.2, 0) is 25.3 Å². The number of carbonyl (C=O) groups is 3. The molecule has 0 heterocycles. The van der Waals surface area contributed by atoms with Crippen molar-refractivity contribution >= 4 is 29.6 Å². The normalized spacial score (nSPS) is 12.3. The summed E-state index contributed by atoms with van der Waals surface area (Å²) in [7, 11) is 1.32. The van der Waals surface area contributed by atoms with Gasteiger partial charge in [0.25, 0.3) is 0 Å². The number of hydrogen-bond donors (Lipinski definition) is 1. The monoisotopic (exact) mass is 535 g/mol. The first-order chi connectivity index (χ1) is 17.6. The average molecular weight is 536 g/mol. The number of amides is 1. The van der Waals surface area contributed by atoms with Crippen molar-refractivity contribution < 1.29 is 37.0 Å². The number of rotatable bonds is 8. The molecule has 6 nitrogen and oxygen atoms in total. The minimum Gasteiger partial charge on any atom is -0.466 e. The first-order valence-corrected chi connectivity index (χ1v) is 12.2. The van der Waals surface area contributed by atoms with E-state index in [-0.39, 0.29) is 23.5 Å². The maximum absolute atomic E-state index is 12.6. The number of ether oxygens (including phenoxy) is 2. The van der Waals surface area contributed by atoms with Gasteiger partial charge in [0.05, 0.1) is 18.1 Å². The third-order valence-corrected chi connectivity index (χ3v) is 5.87. The number of alkyl halides is 3. The molecule has 38 heavy (non-hydrogen) atoms. The Balaban J connectivity index is 0.000000382. The first-order valence-electron chi connectivity index (χ1n) is 12.2. The Kier molecular flexibility index (Phi) is 12.2. The van der Waals surface area contributed by atoms with Crippen LogP contribution in [0.15, 0.2) is 48.5 Å². The first kappa shape index (κ1) is 32.4. The Bertz CT molecular complexity index is 1120. The molecule has 0 aliphatic carbocycles. The molecule has 0 radical (unpaired) electrons. The van der Waals surface area contributed by atoms with Crippen LogP contribution in [0.2, 0.25) is 0 Å². The van der Waals surface area contributed by atoms with Crippen LogP contribution < -0.4 is 10.1 Å². The molecular weight excluding hydrogens is 499 g/mol. The lowest BCUT2D eigenvalue weighted by Crippen LogP contribution is -2.28. The summed E-state index contributed by atoms with van der Waals surface area (Å²) in [6.07, 6.45) is -0.0773. The Morgan fingerprint density at radius 3 is 2.13 bits per heavy atom. The van der Waals surface area contributed by atoms with Crippen LogP contribution in [-0.4, -0.2) is 25.0 Å². The molecule has 2 rings (SSSR count). The number of hydrogen-bond acceptors (Lipinski definition) is 5. The van der Waals surface area contributed by atoms with Crippen molar-refractivity contribution in [3.63, 3.8) is 0 Å². The Morgan fingerprint density at radius 1 is 1.03 bits per heavy atom. The Labute approximate surface area is 222 Å². The van der Waals surface area contributed by atoms with Gasteiger partial charge in [-0.05, 0) is 81.1 Å². The third kappa shape index (κ3) is 10.8. The minimum atomic E-state index is -4.40. The highest BCUT2D eigenvalue weighted by Crippen LogP contribution is 2.32. The lowest BCUT2D eigenvalue weighted by molar-refractivity contribution is -0.144. The second-order valence-corrected chi connectivity index (χ2v) is 9.44. The van der Waals surface area contributed by atoms with E-state index in [1.165, 1.54) is 19.3 Å². The lowest BCUT2D eigenvalue weighted by atomic mass is 9.91. The summed E-state index contributed by atoms with van der Waals surface area (Å²) in [5.41, 5.74) is 0.229. The quantitative estimate of drug-likeness (QED) is 0.219. The zero-order chi connectivity index (χ0) is 29.1. The van der Waals surface area contributed by atoms with E-state index in [1.54, 1.807) is 44.2 Å². The maximum atomic E-state index is 12.6. The van der Waals surface area contributed by atoms with Crippen LogP contribution in [0.5, 0.6) is 5.75 Å². The molecule has 0 aliphatic heterocycles. The van der Waals surface area contributed by atoms with Gasteiger partial charge in [-0.2, -0.15) is 13.2 Å². The lowest BCUT2D eigenvalue weighted by Gasteiger charge is -2.20. The second-order valence-electron chi connectivity index (χ2n) is 9.44. The molecule has 0 saturated carbocycles. The summed E-state index contributed by atoms with van der Waals surface area (Å²) in [5, 5.41) is 2.51. The van der Waals surface area contributed by atoms with Crippen molar-refractivity contribution in [1.82, 2.24) is 0 Å². The summed E-state index contributed by atoms with van der Waals surface area (Å²) in [5.74, 6) is -0.661. The SMILES string of the molecule is CCC(C)(C)C(=O)Oc1ccc(/C=C/C(=O)OC)cc1.CCC(C)C(=O)Nc1cc(C)cc(C(F)(F)F)c1. The third-order valence-electron chi connectivity index (χ3n) is 5.87. The van der Waals surface area contributed by atoms with E-state index in [0.29, 0.717) is 24.2 Å². The van der Waals surface area contributed by atoms with E-state index in [9.17, 15) is 27.6 Å². The Hall–Kier alpha value is -3.62. The summed E-state index contributed by atoms with van der Waals surface area (Å²) < 4.78 is 47.6. The van der Waals surface area contributed by atoms with Gasteiger partial charge in [-0.3, -0.25) is 9.59 Å². The largest absolute Gasteiger partial charge is 0.466 e. The summed E-state index contributed by atoms with van der Waals surface area (Å²) in [6, 6.07) is 10.4. The van der Waals surface area contributed by atoms with Crippen molar-refractivity contribution in [1.29, 1.82) is 0 Å². The van der Waals surface area contributed by atoms with Crippen molar-refractivity contribution in [3.8, 4) is 5.75 Å². The van der Waals surface area contributed by atoms with Gasteiger partial charge >= 0.3 is 18.1 Å². The van der Waals surface area contributed by atoms with Gasteiger partial charge in [-0.25, -0.2) is 4.79 Å². The number of benzene rings is 2. The molecule has 1 atom stereocenters. The van der Waals surface area contributed by atoms with Gasteiger partial charge in [-0.1, -0.05) is 32.9 Å². The van der Waals surface area contributed by atoms with Gasteiger partial charge < -0.3 is 14.8 Å². The van der Waals surface area contributed by atoms with E-state index >= 15 is 0 Å². The molecular formula is C29H36F3NO5. The van der Waals surface area contributed by atoms with E-state index in [0.717, 1.165) is 17.7 Å². The number of anilines is 1. The highest BCUT2D eigenvalue weighted by atomic mass is 19.4. The standard InChI is InChI=1S/C16H20O4.C13H16F3NO/c1-5-16(2,3)15(18)20-13-9-6-12(7-10-13)8-11-14(17)19-4;1-4-9(3)12(18)17-11-6-8(2)5-10(7-11)13(14,15)16/h6-11H,5H2,1-4H3;5-7,9H,4H2,1-3H3,(H,17,18)/b11-8+;. The zero-order valence-corrected chi connectivity index (χ0v) is 22.9. The predicted octanol–water partition coefficient (Wildman–Crippen LogP) is 7.21. The zero-order valence-electron chi connectivity index (χ0n) is 22.9. The second kappa shape index (κ2) is 14.4. The van der Waals surface area contributed by atoms with Crippen molar-refractivity contribution in [2.75, 3.05) is 12.4 Å². The summed E-state index contributed by atoms with van der Waals surface area (Å²) >= 11 is 0. The van der Waals surface area contributed by atoms with Crippen LogP contribution in [0.3, 0.4) is 0 Å². The summed E-state index contributed by atoms with van der Waals surface area (Å²) in [4.78, 5) is 34.5. The smallest absolute Gasteiger partial charge is 0.416 e.